The Morgan fingerprint density at radius 1 is 1.58 bits per heavy atom. The Labute approximate surface area is 116 Å². The van der Waals surface area contributed by atoms with Crippen molar-refractivity contribution in [3.8, 4) is 5.75 Å². The molecular formula is C13H16ClFN2O2. The third-order valence-electron chi connectivity index (χ3n) is 3.05. The van der Waals surface area contributed by atoms with E-state index in [-0.39, 0.29) is 23.6 Å². The molecule has 1 atom stereocenters. The van der Waals surface area contributed by atoms with Gasteiger partial charge >= 0.3 is 0 Å². The van der Waals surface area contributed by atoms with Crippen molar-refractivity contribution < 1.29 is 13.9 Å². The van der Waals surface area contributed by atoms with E-state index in [1.165, 1.54) is 18.2 Å². The lowest BCUT2D eigenvalue weighted by molar-refractivity contribution is -0.123. The minimum Gasteiger partial charge on any atom is -0.484 e. The van der Waals surface area contributed by atoms with Gasteiger partial charge in [-0.2, -0.15) is 0 Å². The zero-order valence-corrected chi connectivity index (χ0v) is 11.1. The molecule has 6 heteroatoms. The van der Waals surface area contributed by atoms with Crippen molar-refractivity contribution >= 4 is 17.5 Å². The Morgan fingerprint density at radius 3 is 2.89 bits per heavy atom. The summed E-state index contributed by atoms with van der Waals surface area (Å²) in [4.78, 5) is 11.7. The molecule has 19 heavy (non-hydrogen) atoms. The van der Waals surface area contributed by atoms with Crippen molar-refractivity contribution in [1.29, 1.82) is 0 Å². The summed E-state index contributed by atoms with van der Waals surface area (Å²) in [6.45, 7) is 0.296. The molecule has 0 spiro atoms. The molecule has 0 aliphatic heterocycles. The molecule has 1 aromatic rings. The van der Waals surface area contributed by atoms with E-state index >= 15 is 0 Å². The average Bonchev–Trinajstić information content (AvgIpc) is 3.21. The number of nitrogens with two attached hydrogens (primary N) is 1. The number of halogens is 2. The Morgan fingerprint density at radius 2 is 2.32 bits per heavy atom. The van der Waals surface area contributed by atoms with Crippen molar-refractivity contribution in [2.75, 3.05) is 13.2 Å². The van der Waals surface area contributed by atoms with Crippen molar-refractivity contribution in [1.82, 2.24) is 5.32 Å². The van der Waals surface area contributed by atoms with Gasteiger partial charge in [-0.15, -0.1) is 0 Å². The van der Waals surface area contributed by atoms with E-state index in [4.69, 9.17) is 22.1 Å². The first kappa shape index (κ1) is 14.1. The van der Waals surface area contributed by atoms with Crippen LogP contribution in [-0.4, -0.2) is 25.1 Å². The minimum absolute atomic E-state index is 0.0212. The molecule has 0 aromatic heterocycles. The van der Waals surface area contributed by atoms with Gasteiger partial charge in [-0.25, -0.2) is 4.39 Å². The molecule has 1 unspecified atom stereocenters. The molecule has 1 amide bonds. The summed E-state index contributed by atoms with van der Waals surface area (Å²) in [5.74, 6) is 0.102. The number of rotatable bonds is 6. The molecule has 1 aliphatic rings. The molecule has 0 radical (unpaired) electrons. The van der Waals surface area contributed by atoms with Crippen LogP contribution in [0.5, 0.6) is 5.75 Å². The predicted molar refractivity (Wildman–Crippen MR) is 70.6 cm³/mol. The Bertz CT molecular complexity index is 466. The van der Waals surface area contributed by atoms with Crippen LogP contribution in [0, 0.1) is 11.7 Å². The Hall–Kier alpha value is -1.33. The predicted octanol–water partition coefficient (Wildman–Crippen LogP) is 1.71. The molecule has 1 saturated carbocycles. The van der Waals surface area contributed by atoms with Crippen LogP contribution in [-0.2, 0) is 4.79 Å². The first-order valence-electron chi connectivity index (χ1n) is 6.17. The first-order chi connectivity index (χ1) is 9.10. The molecule has 1 aliphatic carbocycles. The maximum absolute atomic E-state index is 12.9. The number of carbonyl (C=O) groups is 1. The number of ether oxygens (including phenoxy) is 1. The number of benzene rings is 1. The van der Waals surface area contributed by atoms with Gasteiger partial charge in [-0.05, 0) is 30.9 Å². The van der Waals surface area contributed by atoms with Gasteiger partial charge in [-0.3, -0.25) is 4.79 Å². The van der Waals surface area contributed by atoms with E-state index < -0.39 is 5.82 Å². The van der Waals surface area contributed by atoms with Crippen molar-refractivity contribution in [2.24, 2.45) is 11.7 Å². The molecule has 0 bridgehead atoms. The lowest BCUT2D eigenvalue weighted by Gasteiger charge is -2.16. The van der Waals surface area contributed by atoms with Crippen LogP contribution in [0.4, 0.5) is 4.39 Å². The highest BCUT2D eigenvalue weighted by atomic mass is 35.5. The highest BCUT2D eigenvalue weighted by molar-refractivity contribution is 6.30. The average molecular weight is 287 g/mol. The second kappa shape index (κ2) is 6.21. The standard InChI is InChI=1S/C13H16ClFN2O2/c14-10-5-9(3-4-11(10)15)19-7-13(18)17-12(6-16)8-1-2-8/h3-5,8,12H,1-2,6-7,16H2,(H,17,18). The van der Waals surface area contributed by atoms with Gasteiger partial charge in [0, 0.05) is 18.7 Å². The number of amides is 1. The molecule has 0 heterocycles. The number of nitrogens with one attached hydrogen (secondary N) is 1. The maximum Gasteiger partial charge on any atom is 0.258 e. The van der Waals surface area contributed by atoms with Crippen LogP contribution in [0.25, 0.3) is 0 Å². The lowest BCUT2D eigenvalue weighted by atomic mass is 10.2. The third-order valence-corrected chi connectivity index (χ3v) is 3.34. The summed E-state index contributed by atoms with van der Waals surface area (Å²) in [6.07, 6.45) is 2.22. The Kier molecular flexibility index (Phi) is 4.61. The minimum atomic E-state index is -0.518. The van der Waals surface area contributed by atoms with Gasteiger partial charge in [0.1, 0.15) is 11.6 Å². The lowest BCUT2D eigenvalue weighted by Crippen LogP contribution is -2.43. The summed E-state index contributed by atoms with van der Waals surface area (Å²) in [6, 6.07) is 3.98. The van der Waals surface area contributed by atoms with Crippen LogP contribution in [0.1, 0.15) is 12.8 Å². The van der Waals surface area contributed by atoms with Crippen molar-refractivity contribution in [2.45, 2.75) is 18.9 Å². The van der Waals surface area contributed by atoms with Crippen LogP contribution < -0.4 is 15.8 Å². The summed E-state index contributed by atoms with van der Waals surface area (Å²) >= 11 is 5.61. The summed E-state index contributed by atoms with van der Waals surface area (Å²) in [7, 11) is 0. The second-order valence-electron chi connectivity index (χ2n) is 4.61. The van der Waals surface area contributed by atoms with Gasteiger partial charge in [-0.1, -0.05) is 11.6 Å². The normalized spacial score (nSPS) is 15.9. The zero-order chi connectivity index (χ0) is 13.8. The van der Waals surface area contributed by atoms with Crippen molar-refractivity contribution in [3.63, 3.8) is 0 Å². The molecule has 104 valence electrons. The highest BCUT2D eigenvalue weighted by Gasteiger charge is 2.31. The fraction of sp³-hybridized carbons (Fsp3) is 0.462. The number of carbonyl (C=O) groups excluding carboxylic acids is 1. The summed E-state index contributed by atoms with van der Waals surface area (Å²) in [5, 5.41) is 2.80. The van der Waals surface area contributed by atoms with E-state index in [2.05, 4.69) is 5.32 Å². The maximum atomic E-state index is 12.9. The molecule has 0 saturated heterocycles. The first-order valence-corrected chi connectivity index (χ1v) is 6.55. The monoisotopic (exact) mass is 286 g/mol. The van der Waals surface area contributed by atoms with Crippen LogP contribution in [0.2, 0.25) is 5.02 Å². The van der Waals surface area contributed by atoms with Gasteiger partial charge in [0.05, 0.1) is 5.02 Å². The molecule has 3 N–H and O–H groups in total. The third kappa shape index (κ3) is 4.08. The zero-order valence-electron chi connectivity index (χ0n) is 10.4. The van der Waals surface area contributed by atoms with Crippen LogP contribution in [0.3, 0.4) is 0 Å². The number of hydrogen-bond acceptors (Lipinski definition) is 3. The number of hydrogen-bond donors (Lipinski definition) is 2. The smallest absolute Gasteiger partial charge is 0.258 e. The fourth-order valence-corrected chi connectivity index (χ4v) is 2.00. The van der Waals surface area contributed by atoms with Gasteiger partial charge in [0.2, 0.25) is 0 Å². The van der Waals surface area contributed by atoms with E-state index in [0.29, 0.717) is 18.2 Å². The molecule has 1 aromatic carbocycles. The van der Waals surface area contributed by atoms with Crippen LogP contribution >= 0.6 is 11.6 Å². The second-order valence-corrected chi connectivity index (χ2v) is 5.02. The molecular weight excluding hydrogens is 271 g/mol. The van der Waals surface area contributed by atoms with Crippen LogP contribution in [0.15, 0.2) is 18.2 Å². The largest absolute Gasteiger partial charge is 0.484 e. The van der Waals surface area contributed by atoms with E-state index in [1.807, 2.05) is 0 Å². The summed E-state index contributed by atoms with van der Waals surface area (Å²) in [5.41, 5.74) is 5.59. The topological polar surface area (TPSA) is 64.3 Å². The van der Waals surface area contributed by atoms with E-state index in [9.17, 15) is 9.18 Å². The van der Waals surface area contributed by atoms with Gasteiger partial charge in [0.15, 0.2) is 6.61 Å². The highest BCUT2D eigenvalue weighted by Crippen LogP contribution is 2.32. The van der Waals surface area contributed by atoms with Crippen molar-refractivity contribution in [3.05, 3.63) is 29.0 Å². The molecule has 4 nitrogen and oxygen atoms in total. The van der Waals surface area contributed by atoms with Gasteiger partial charge < -0.3 is 15.8 Å². The van der Waals surface area contributed by atoms with E-state index in [0.717, 1.165) is 12.8 Å². The Balaban J connectivity index is 1.80. The summed E-state index contributed by atoms with van der Waals surface area (Å²) < 4.78 is 18.2. The van der Waals surface area contributed by atoms with E-state index in [1.54, 1.807) is 0 Å². The molecule has 1 fully saturated rings. The quantitative estimate of drug-likeness (QED) is 0.837. The molecule has 2 rings (SSSR count). The van der Waals surface area contributed by atoms with Gasteiger partial charge in [0.25, 0.3) is 5.91 Å². The SMILES string of the molecule is NCC(NC(=O)COc1ccc(F)c(Cl)c1)C1CC1. The fourth-order valence-electron chi connectivity index (χ4n) is 1.83.